The SMILES string of the molecule is CSCC1CCN(c2nc(-c3ccc(N4CCN(C)CC4)cc3)cc3ncn(C)c(=O)c23)C1. The number of piperazine rings is 1. The third-order valence-corrected chi connectivity index (χ3v) is 7.71. The molecule has 0 saturated carbocycles. The Bertz CT molecular complexity index is 1190. The lowest BCUT2D eigenvalue weighted by molar-refractivity contribution is 0.313. The molecule has 2 fully saturated rings. The van der Waals surface area contributed by atoms with Crippen LogP contribution in [0.1, 0.15) is 6.42 Å². The zero-order valence-electron chi connectivity index (χ0n) is 19.7. The average molecular weight is 465 g/mol. The zero-order valence-corrected chi connectivity index (χ0v) is 20.5. The van der Waals surface area contributed by atoms with E-state index >= 15 is 0 Å². The number of aryl methyl sites for hydroxylation is 1. The maximum absolute atomic E-state index is 13.0. The number of fused-ring (bicyclic) bond motifs is 1. The van der Waals surface area contributed by atoms with Crippen molar-refractivity contribution < 1.29 is 0 Å². The topological polar surface area (TPSA) is 57.5 Å². The highest BCUT2D eigenvalue weighted by molar-refractivity contribution is 7.98. The van der Waals surface area contributed by atoms with E-state index in [1.807, 2.05) is 17.8 Å². The van der Waals surface area contributed by atoms with Crippen molar-refractivity contribution in [3.05, 3.63) is 47.0 Å². The van der Waals surface area contributed by atoms with Gasteiger partial charge in [0.15, 0.2) is 0 Å². The fourth-order valence-corrected chi connectivity index (χ4v) is 5.63. The molecule has 174 valence electrons. The molecule has 4 heterocycles. The maximum atomic E-state index is 13.0. The lowest BCUT2D eigenvalue weighted by Crippen LogP contribution is -2.44. The molecular weight excluding hydrogens is 432 g/mol. The molecule has 1 aromatic carbocycles. The number of hydrogen-bond acceptors (Lipinski definition) is 7. The summed E-state index contributed by atoms with van der Waals surface area (Å²) in [6.07, 6.45) is 4.89. The third kappa shape index (κ3) is 4.46. The van der Waals surface area contributed by atoms with E-state index < -0.39 is 0 Å². The van der Waals surface area contributed by atoms with Crippen molar-refractivity contribution in [2.75, 3.05) is 68.1 Å². The lowest BCUT2D eigenvalue weighted by Gasteiger charge is -2.34. The van der Waals surface area contributed by atoms with Gasteiger partial charge < -0.3 is 19.3 Å². The second kappa shape index (κ2) is 9.35. The number of pyridine rings is 1. The number of benzene rings is 1. The smallest absolute Gasteiger partial charge is 0.264 e. The molecule has 0 N–H and O–H groups in total. The Morgan fingerprint density at radius 1 is 1.03 bits per heavy atom. The monoisotopic (exact) mass is 464 g/mol. The van der Waals surface area contributed by atoms with Gasteiger partial charge in [-0.2, -0.15) is 11.8 Å². The largest absolute Gasteiger partial charge is 0.369 e. The Morgan fingerprint density at radius 3 is 2.52 bits per heavy atom. The minimum Gasteiger partial charge on any atom is -0.369 e. The zero-order chi connectivity index (χ0) is 22.9. The first-order valence-corrected chi connectivity index (χ1v) is 13.1. The molecule has 1 atom stereocenters. The van der Waals surface area contributed by atoms with Crippen molar-refractivity contribution in [2.45, 2.75) is 6.42 Å². The van der Waals surface area contributed by atoms with E-state index in [0.717, 1.165) is 74.0 Å². The van der Waals surface area contributed by atoms with Gasteiger partial charge in [0, 0.05) is 57.6 Å². The molecule has 0 radical (unpaired) electrons. The molecule has 5 rings (SSSR count). The second-order valence-corrected chi connectivity index (χ2v) is 10.2. The summed E-state index contributed by atoms with van der Waals surface area (Å²) in [5.41, 5.74) is 3.86. The van der Waals surface area contributed by atoms with Gasteiger partial charge in [0.2, 0.25) is 0 Å². The summed E-state index contributed by atoms with van der Waals surface area (Å²) < 4.78 is 1.55. The summed E-state index contributed by atoms with van der Waals surface area (Å²) in [6.45, 7) is 6.14. The van der Waals surface area contributed by atoms with Crippen LogP contribution in [0.5, 0.6) is 0 Å². The molecule has 0 amide bonds. The molecule has 0 spiro atoms. The van der Waals surface area contributed by atoms with E-state index in [0.29, 0.717) is 11.3 Å². The van der Waals surface area contributed by atoms with Gasteiger partial charge >= 0.3 is 0 Å². The van der Waals surface area contributed by atoms with Crippen molar-refractivity contribution in [2.24, 2.45) is 13.0 Å². The van der Waals surface area contributed by atoms with Crippen molar-refractivity contribution in [1.82, 2.24) is 19.4 Å². The maximum Gasteiger partial charge on any atom is 0.264 e. The Kier molecular flexibility index (Phi) is 6.29. The second-order valence-electron chi connectivity index (χ2n) is 9.28. The third-order valence-electron chi connectivity index (χ3n) is 6.90. The molecule has 3 aromatic rings. The lowest BCUT2D eigenvalue weighted by atomic mass is 10.1. The van der Waals surface area contributed by atoms with Crippen LogP contribution in [0.3, 0.4) is 0 Å². The Morgan fingerprint density at radius 2 is 1.79 bits per heavy atom. The number of aromatic nitrogens is 3. The van der Waals surface area contributed by atoms with Gasteiger partial charge in [-0.25, -0.2) is 9.97 Å². The first-order valence-electron chi connectivity index (χ1n) is 11.7. The van der Waals surface area contributed by atoms with Crippen LogP contribution in [-0.2, 0) is 7.05 Å². The van der Waals surface area contributed by atoms with E-state index in [9.17, 15) is 4.79 Å². The van der Waals surface area contributed by atoms with Crippen LogP contribution in [0.4, 0.5) is 11.5 Å². The van der Waals surface area contributed by atoms with Crippen LogP contribution in [0, 0.1) is 5.92 Å². The Balaban J connectivity index is 1.51. The number of nitrogens with zero attached hydrogens (tertiary/aromatic N) is 6. The summed E-state index contributed by atoms with van der Waals surface area (Å²) in [6, 6.07) is 10.6. The van der Waals surface area contributed by atoms with Gasteiger partial charge in [-0.1, -0.05) is 12.1 Å². The fourth-order valence-electron chi connectivity index (χ4n) is 4.88. The van der Waals surface area contributed by atoms with Crippen molar-refractivity contribution >= 4 is 34.2 Å². The Hall–Kier alpha value is -2.58. The van der Waals surface area contributed by atoms with E-state index in [2.05, 4.69) is 57.3 Å². The summed E-state index contributed by atoms with van der Waals surface area (Å²) >= 11 is 1.89. The van der Waals surface area contributed by atoms with Crippen LogP contribution in [0.15, 0.2) is 41.5 Å². The molecule has 8 heteroatoms. The molecule has 1 unspecified atom stereocenters. The number of hydrogen-bond donors (Lipinski definition) is 0. The van der Waals surface area contributed by atoms with Crippen molar-refractivity contribution in [3.8, 4) is 11.3 Å². The highest BCUT2D eigenvalue weighted by Crippen LogP contribution is 2.32. The first-order chi connectivity index (χ1) is 16.0. The minimum atomic E-state index is -0.0345. The molecular formula is C25H32N6OS. The van der Waals surface area contributed by atoms with Gasteiger partial charge in [0.25, 0.3) is 5.56 Å². The quantitative estimate of drug-likeness (QED) is 0.575. The predicted molar refractivity (Wildman–Crippen MR) is 139 cm³/mol. The molecule has 7 nitrogen and oxygen atoms in total. The normalized spacial score (nSPS) is 19.5. The van der Waals surface area contributed by atoms with Gasteiger partial charge in [-0.3, -0.25) is 4.79 Å². The highest BCUT2D eigenvalue weighted by atomic mass is 32.2. The van der Waals surface area contributed by atoms with Gasteiger partial charge in [-0.15, -0.1) is 0 Å². The first kappa shape index (κ1) is 22.2. The summed E-state index contributed by atoms with van der Waals surface area (Å²) in [5.74, 6) is 2.55. The van der Waals surface area contributed by atoms with Crippen molar-refractivity contribution in [1.29, 1.82) is 0 Å². The van der Waals surface area contributed by atoms with E-state index in [-0.39, 0.29) is 5.56 Å². The summed E-state index contributed by atoms with van der Waals surface area (Å²) in [4.78, 5) is 29.8. The van der Waals surface area contributed by atoms with Crippen LogP contribution >= 0.6 is 11.8 Å². The molecule has 0 bridgehead atoms. The highest BCUT2D eigenvalue weighted by Gasteiger charge is 2.26. The molecule has 2 saturated heterocycles. The fraction of sp³-hybridized carbons (Fsp3) is 0.480. The Labute approximate surface area is 199 Å². The van der Waals surface area contributed by atoms with Crippen LogP contribution in [0.2, 0.25) is 0 Å². The molecule has 0 aliphatic carbocycles. The van der Waals surface area contributed by atoms with Crippen LogP contribution in [-0.4, -0.2) is 77.8 Å². The van der Waals surface area contributed by atoms with Crippen LogP contribution < -0.4 is 15.4 Å². The number of thioether (sulfide) groups is 1. The van der Waals surface area contributed by atoms with Gasteiger partial charge in [-0.05, 0) is 49.6 Å². The molecule has 2 aromatic heterocycles. The van der Waals surface area contributed by atoms with Gasteiger partial charge in [0.05, 0.1) is 17.5 Å². The standard InChI is InChI=1S/C25H32N6OS/c1-28-10-12-30(13-11-28)20-6-4-19(5-7-20)21-14-22-23(25(32)29(2)17-26-22)24(27-21)31-9-8-18(15-31)16-33-3/h4-7,14,17-18H,8-13,15-16H2,1-3H3. The van der Waals surface area contributed by atoms with Crippen molar-refractivity contribution in [3.63, 3.8) is 0 Å². The number of likely N-dealkylation sites (N-methyl/N-ethyl adjacent to an activating group) is 1. The van der Waals surface area contributed by atoms with E-state index in [4.69, 9.17) is 4.98 Å². The summed E-state index contributed by atoms with van der Waals surface area (Å²) in [7, 11) is 3.93. The van der Waals surface area contributed by atoms with Crippen LogP contribution in [0.25, 0.3) is 22.2 Å². The molecule has 33 heavy (non-hydrogen) atoms. The summed E-state index contributed by atoms with van der Waals surface area (Å²) in [5, 5.41) is 0.627. The number of rotatable bonds is 5. The molecule has 2 aliphatic rings. The van der Waals surface area contributed by atoms with E-state index in [1.165, 1.54) is 5.69 Å². The average Bonchev–Trinajstić information content (AvgIpc) is 3.30. The minimum absolute atomic E-state index is 0.0345. The number of anilines is 2. The predicted octanol–water partition coefficient (Wildman–Crippen LogP) is 2.94. The van der Waals surface area contributed by atoms with E-state index in [1.54, 1.807) is 17.9 Å². The molecule has 2 aliphatic heterocycles. The van der Waals surface area contributed by atoms with Gasteiger partial charge in [0.1, 0.15) is 11.2 Å².